The summed E-state index contributed by atoms with van der Waals surface area (Å²) in [5.74, 6) is 0.468. The molecule has 20 heavy (non-hydrogen) atoms. The van der Waals surface area contributed by atoms with Gasteiger partial charge in [0.15, 0.2) is 0 Å². The molecule has 0 aliphatic heterocycles. The molecule has 1 heterocycles. The van der Waals surface area contributed by atoms with E-state index in [1.54, 1.807) is 31.5 Å². The maximum absolute atomic E-state index is 12.0. The Kier molecular flexibility index (Phi) is 4.57. The Bertz CT molecular complexity index is 632. The Labute approximate surface area is 124 Å². The Hall–Kier alpha value is -2.08. The number of hydrogen-bond acceptors (Lipinski definition) is 4. The van der Waals surface area contributed by atoms with Gasteiger partial charge in [0, 0.05) is 29.0 Å². The molecule has 0 aliphatic rings. The number of nitrogens with zero attached hydrogens (tertiary/aromatic N) is 1. The normalized spacial score (nSPS) is 10.1. The molecule has 1 amide bonds. The summed E-state index contributed by atoms with van der Waals surface area (Å²) in [5, 5.41) is 12.5. The van der Waals surface area contributed by atoms with Gasteiger partial charge in [-0.3, -0.25) is 9.78 Å². The molecule has 1 aromatic carbocycles. The first-order valence-electron chi connectivity index (χ1n) is 5.85. The van der Waals surface area contributed by atoms with Crippen LogP contribution < -0.4 is 10.1 Å². The fourth-order valence-electron chi connectivity index (χ4n) is 1.64. The summed E-state index contributed by atoms with van der Waals surface area (Å²) >= 11 is 3.26. The first-order chi connectivity index (χ1) is 9.60. The van der Waals surface area contributed by atoms with Crippen LogP contribution >= 0.6 is 15.9 Å². The number of hydrogen-bond donors (Lipinski definition) is 2. The average Bonchev–Trinajstić information content (AvgIpc) is 2.46. The third-order valence-corrected chi connectivity index (χ3v) is 3.13. The number of phenolic OH excluding ortho intramolecular Hbond substituents is 1. The van der Waals surface area contributed by atoms with E-state index >= 15 is 0 Å². The van der Waals surface area contributed by atoms with E-state index in [2.05, 4.69) is 26.2 Å². The second kappa shape index (κ2) is 6.38. The van der Waals surface area contributed by atoms with E-state index in [9.17, 15) is 9.90 Å². The van der Waals surface area contributed by atoms with Gasteiger partial charge in [-0.05, 0) is 40.2 Å². The van der Waals surface area contributed by atoms with E-state index in [4.69, 9.17) is 4.74 Å². The molecule has 0 bridgehead atoms. The Morgan fingerprint density at radius 1 is 1.40 bits per heavy atom. The number of nitrogens with one attached hydrogen (secondary N) is 1. The third-order valence-electron chi connectivity index (χ3n) is 2.69. The van der Waals surface area contributed by atoms with Crippen LogP contribution in [0.3, 0.4) is 0 Å². The van der Waals surface area contributed by atoms with Gasteiger partial charge in [-0.25, -0.2) is 0 Å². The van der Waals surface area contributed by atoms with Crippen molar-refractivity contribution in [3.63, 3.8) is 0 Å². The van der Waals surface area contributed by atoms with E-state index in [0.29, 0.717) is 16.9 Å². The SMILES string of the molecule is COc1ccc(O)c(CNC(=O)c2cncc(Br)c2)c1. The van der Waals surface area contributed by atoms with E-state index in [1.807, 2.05) is 0 Å². The van der Waals surface area contributed by atoms with Gasteiger partial charge in [-0.1, -0.05) is 0 Å². The highest BCUT2D eigenvalue weighted by Gasteiger charge is 2.08. The minimum absolute atomic E-state index is 0.110. The molecule has 6 heteroatoms. The average molecular weight is 337 g/mol. The molecule has 0 aliphatic carbocycles. The highest BCUT2D eigenvalue weighted by molar-refractivity contribution is 9.10. The van der Waals surface area contributed by atoms with Gasteiger partial charge in [0.05, 0.1) is 12.7 Å². The quantitative estimate of drug-likeness (QED) is 0.899. The predicted octanol–water partition coefficient (Wildman–Crippen LogP) is 2.49. The number of ether oxygens (including phenoxy) is 1. The van der Waals surface area contributed by atoms with Crippen molar-refractivity contribution in [2.24, 2.45) is 0 Å². The van der Waals surface area contributed by atoms with Crippen molar-refractivity contribution in [1.29, 1.82) is 0 Å². The Balaban J connectivity index is 2.07. The zero-order valence-electron chi connectivity index (χ0n) is 10.8. The van der Waals surface area contributed by atoms with Crippen molar-refractivity contribution < 1.29 is 14.6 Å². The zero-order valence-corrected chi connectivity index (χ0v) is 12.3. The number of pyridine rings is 1. The fraction of sp³-hybridized carbons (Fsp3) is 0.143. The lowest BCUT2D eigenvalue weighted by atomic mass is 10.2. The second-order valence-electron chi connectivity index (χ2n) is 4.07. The van der Waals surface area contributed by atoms with Crippen molar-refractivity contribution in [3.8, 4) is 11.5 Å². The molecule has 1 aromatic heterocycles. The smallest absolute Gasteiger partial charge is 0.253 e. The molecule has 0 saturated heterocycles. The summed E-state index contributed by atoms with van der Waals surface area (Å²) in [4.78, 5) is 15.9. The monoisotopic (exact) mass is 336 g/mol. The number of aromatic hydroxyl groups is 1. The topological polar surface area (TPSA) is 71.5 Å². The van der Waals surface area contributed by atoms with E-state index in [1.165, 1.54) is 12.3 Å². The lowest BCUT2D eigenvalue weighted by molar-refractivity contribution is 0.0950. The zero-order chi connectivity index (χ0) is 14.5. The summed E-state index contributed by atoms with van der Waals surface area (Å²) in [5.41, 5.74) is 1.03. The lowest BCUT2D eigenvalue weighted by Gasteiger charge is -2.09. The fourth-order valence-corrected chi connectivity index (χ4v) is 2.01. The molecule has 0 radical (unpaired) electrons. The van der Waals surface area contributed by atoms with Crippen molar-refractivity contribution in [2.45, 2.75) is 6.54 Å². The molecule has 5 nitrogen and oxygen atoms in total. The summed E-state index contributed by atoms with van der Waals surface area (Å²) in [7, 11) is 1.54. The number of carbonyl (C=O) groups is 1. The second-order valence-corrected chi connectivity index (χ2v) is 4.98. The first kappa shape index (κ1) is 14.3. The number of aromatic nitrogens is 1. The number of halogens is 1. The first-order valence-corrected chi connectivity index (χ1v) is 6.64. The molecule has 2 aromatic rings. The largest absolute Gasteiger partial charge is 0.508 e. The lowest BCUT2D eigenvalue weighted by Crippen LogP contribution is -2.23. The molecular weight excluding hydrogens is 324 g/mol. The van der Waals surface area contributed by atoms with Gasteiger partial charge >= 0.3 is 0 Å². The van der Waals surface area contributed by atoms with Gasteiger partial charge in [0.2, 0.25) is 0 Å². The third kappa shape index (κ3) is 3.48. The number of phenols is 1. The molecule has 104 valence electrons. The van der Waals surface area contributed by atoms with Crippen molar-refractivity contribution in [2.75, 3.05) is 7.11 Å². The van der Waals surface area contributed by atoms with Crippen molar-refractivity contribution >= 4 is 21.8 Å². The predicted molar refractivity (Wildman–Crippen MR) is 77.8 cm³/mol. The maximum atomic E-state index is 12.0. The van der Waals surface area contributed by atoms with Gasteiger partial charge in [-0.15, -0.1) is 0 Å². The van der Waals surface area contributed by atoms with Crippen LogP contribution in [-0.2, 0) is 6.54 Å². The minimum Gasteiger partial charge on any atom is -0.508 e. The standard InChI is InChI=1S/C14H13BrN2O3/c1-20-12-2-3-13(18)9(5-12)7-17-14(19)10-4-11(15)8-16-6-10/h2-6,8,18H,7H2,1H3,(H,17,19). The maximum Gasteiger partial charge on any atom is 0.253 e. The van der Waals surface area contributed by atoms with Gasteiger partial charge in [0.1, 0.15) is 11.5 Å². The molecule has 0 fully saturated rings. The number of amides is 1. The molecule has 0 atom stereocenters. The highest BCUT2D eigenvalue weighted by atomic mass is 79.9. The van der Waals surface area contributed by atoms with Crippen LogP contribution in [0.1, 0.15) is 15.9 Å². The highest BCUT2D eigenvalue weighted by Crippen LogP contribution is 2.22. The van der Waals surface area contributed by atoms with Crippen LogP contribution in [0.5, 0.6) is 11.5 Å². The summed E-state index contributed by atoms with van der Waals surface area (Å²) in [6.07, 6.45) is 3.08. The van der Waals surface area contributed by atoms with Crippen molar-refractivity contribution in [3.05, 3.63) is 52.3 Å². The number of rotatable bonds is 4. The van der Waals surface area contributed by atoms with Crippen LogP contribution in [0.4, 0.5) is 0 Å². The summed E-state index contributed by atoms with van der Waals surface area (Å²) in [6, 6.07) is 6.53. The minimum atomic E-state index is -0.263. The Morgan fingerprint density at radius 3 is 2.90 bits per heavy atom. The molecule has 2 N–H and O–H groups in total. The molecule has 0 unspecified atom stereocenters. The molecule has 0 saturated carbocycles. The van der Waals surface area contributed by atoms with E-state index in [-0.39, 0.29) is 18.2 Å². The summed E-state index contributed by atoms with van der Waals surface area (Å²) < 4.78 is 5.81. The van der Waals surface area contributed by atoms with Crippen LogP contribution in [0.15, 0.2) is 41.1 Å². The van der Waals surface area contributed by atoms with Gasteiger partial charge < -0.3 is 15.2 Å². The van der Waals surface area contributed by atoms with Crippen molar-refractivity contribution in [1.82, 2.24) is 10.3 Å². The van der Waals surface area contributed by atoms with Crippen LogP contribution in [0.2, 0.25) is 0 Å². The van der Waals surface area contributed by atoms with Gasteiger partial charge in [0.25, 0.3) is 5.91 Å². The van der Waals surface area contributed by atoms with Crippen LogP contribution in [0.25, 0.3) is 0 Å². The molecular formula is C14H13BrN2O3. The Morgan fingerprint density at radius 2 is 2.20 bits per heavy atom. The number of benzene rings is 1. The molecule has 0 spiro atoms. The van der Waals surface area contributed by atoms with E-state index < -0.39 is 0 Å². The number of methoxy groups -OCH3 is 1. The van der Waals surface area contributed by atoms with Crippen LogP contribution in [0, 0.1) is 0 Å². The van der Waals surface area contributed by atoms with Crippen LogP contribution in [-0.4, -0.2) is 23.1 Å². The number of carbonyl (C=O) groups excluding carboxylic acids is 1. The molecule has 2 rings (SSSR count). The summed E-state index contributed by atoms with van der Waals surface area (Å²) in [6.45, 7) is 0.203. The van der Waals surface area contributed by atoms with Gasteiger partial charge in [-0.2, -0.15) is 0 Å². The van der Waals surface area contributed by atoms with E-state index in [0.717, 1.165) is 4.47 Å².